The summed E-state index contributed by atoms with van der Waals surface area (Å²) < 4.78 is 0. The Morgan fingerprint density at radius 2 is 2.08 bits per heavy atom. The summed E-state index contributed by atoms with van der Waals surface area (Å²) in [5, 5.41) is 0. The zero-order valence-electron chi connectivity index (χ0n) is 9.35. The maximum absolute atomic E-state index is 3.27. The minimum atomic E-state index is 0.158. The number of hydrogen-bond acceptors (Lipinski definition) is 1. The van der Waals surface area contributed by atoms with E-state index in [1.54, 1.807) is 0 Å². The molecule has 1 nitrogen and oxygen atoms in total. The first-order valence-electron chi connectivity index (χ1n) is 5.20. The third-order valence-electron chi connectivity index (χ3n) is 2.27. The maximum atomic E-state index is 3.27. The zero-order chi connectivity index (χ0) is 9.90. The predicted molar refractivity (Wildman–Crippen MR) is 57.5 cm³/mol. The fraction of sp³-hybridized carbons (Fsp3) is 0.833. The fourth-order valence-corrected chi connectivity index (χ4v) is 1.59. The summed E-state index contributed by atoms with van der Waals surface area (Å²) in [6.07, 6.45) is 1.34. The Hall–Kier alpha value is -0.480. The van der Waals surface area contributed by atoms with Crippen LogP contribution in [0.1, 0.15) is 34.1 Å². The molecule has 0 bridgehead atoms. The molecule has 1 heteroatoms. The van der Waals surface area contributed by atoms with Crippen molar-refractivity contribution in [1.29, 1.82) is 0 Å². The van der Waals surface area contributed by atoms with Crippen LogP contribution in [-0.4, -0.2) is 24.5 Å². The summed E-state index contributed by atoms with van der Waals surface area (Å²) in [5.41, 5.74) is 0.158. The van der Waals surface area contributed by atoms with Gasteiger partial charge < -0.3 is 0 Å². The van der Waals surface area contributed by atoms with Crippen molar-refractivity contribution in [2.24, 2.45) is 11.3 Å². The van der Waals surface area contributed by atoms with Crippen molar-refractivity contribution in [3.63, 3.8) is 0 Å². The Morgan fingerprint density at radius 1 is 1.38 bits per heavy atom. The molecule has 0 aromatic heterocycles. The number of rotatable bonds is 1. The first-order valence-corrected chi connectivity index (χ1v) is 5.20. The van der Waals surface area contributed by atoms with Gasteiger partial charge in [-0.1, -0.05) is 18.8 Å². The lowest BCUT2D eigenvalue weighted by atomic mass is 9.98. The van der Waals surface area contributed by atoms with E-state index in [0.717, 1.165) is 12.5 Å². The van der Waals surface area contributed by atoms with Crippen molar-refractivity contribution >= 4 is 0 Å². The van der Waals surface area contributed by atoms with E-state index >= 15 is 0 Å². The minimum absolute atomic E-state index is 0.158. The van der Waals surface area contributed by atoms with Gasteiger partial charge in [0.15, 0.2) is 0 Å². The predicted octanol–water partition coefficient (Wildman–Crippen LogP) is 2.38. The first-order chi connectivity index (χ1) is 5.97. The van der Waals surface area contributed by atoms with Crippen LogP contribution in [0, 0.1) is 23.2 Å². The van der Waals surface area contributed by atoms with Gasteiger partial charge in [-0.25, -0.2) is 0 Å². The molecule has 0 aliphatic carbocycles. The van der Waals surface area contributed by atoms with Gasteiger partial charge in [-0.05, 0) is 39.7 Å². The van der Waals surface area contributed by atoms with Crippen LogP contribution < -0.4 is 0 Å². The Kier molecular flexibility index (Phi) is 3.39. The second-order valence-electron chi connectivity index (χ2n) is 5.18. The van der Waals surface area contributed by atoms with Crippen LogP contribution >= 0.6 is 0 Å². The van der Waals surface area contributed by atoms with E-state index in [1.165, 1.54) is 19.5 Å². The zero-order valence-corrected chi connectivity index (χ0v) is 9.35. The Bertz CT molecular complexity index is 214. The number of nitrogens with zero attached hydrogens (tertiary/aromatic N) is 1. The topological polar surface area (TPSA) is 3.24 Å². The third kappa shape index (κ3) is 4.33. The second-order valence-corrected chi connectivity index (χ2v) is 5.18. The van der Waals surface area contributed by atoms with E-state index in [1.807, 2.05) is 0 Å². The van der Waals surface area contributed by atoms with Crippen LogP contribution in [-0.2, 0) is 0 Å². The van der Waals surface area contributed by atoms with E-state index in [4.69, 9.17) is 0 Å². The first kappa shape index (κ1) is 10.6. The molecule has 1 atom stereocenters. The van der Waals surface area contributed by atoms with Gasteiger partial charge in [-0.3, -0.25) is 4.90 Å². The van der Waals surface area contributed by atoms with Crippen molar-refractivity contribution in [3.05, 3.63) is 0 Å². The summed E-state index contributed by atoms with van der Waals surface area (Å²) in [6, 6.07) is 0. The lowest BCUT2D eigenvalue weighted by molar-refractivity contribution is 0.369. The van der Waals surface area contributed by atoms with Crippen molar-refractivity contribution < 1.29 is 0 Å². The average molecular weight is 179 g/mol. The van der Waals surface area contributed by atoms with Crippen LogP contribution in [0.15, 0.2) is 0 Å². The van der Waals surface area contributed by atoms with Gasteiger partial charge >= 0.3 is 0 Å². The van der Waals surface area contributed by atoms with Crippen molar-refractivity contribution in [1.82, 2.24) is 4.90 Å². The van der Waals surface area contributed by atoms with Crippen molar-refractivity contribution in [2.75, 3.05) is 19.6 Å². The van der Waals surface area contributed by atoms with Crippen LogP contribution in [0.2, 0.25) is 0 Å². The van der Waals surface area contributed by atoms with Crippen LogP contribution in [0.25, 0.3) is 0 Å². The molecule has 74 valence electrons. The molecular formula is C12H21N. The largest absolute Gasteiger partial charge is 0.292 e. The lowest BCUT2D eigenvalue weighted by Crippen LogP contribution is -2.20. The number of hydrogen-bond donors (Lipinski definition) is 0. The third-order valence-corrected chi connectivity index (χ3v) is 2.27. The molecule has 0 aromatic carbocycles. The lowest BCUT2D eigenvalue weighted by Gasteiger charge is -2.11. The van der Waals surface area contributed by atoms with Gasteiger partial charge in [-0.2, -0.15) is 0 Å². The molecule has 1 aliphatic rings. The SMILES string of the molecule is CC1CCN(CC#CC(C)(C)C)C1. The van der Waals surface area contributed by atoms with E-state index in [9.17, 15) is 0 Å². The smallest absolute Gasteiger partial charge is 0.0601 e. The monoisotopic (exact) mass is 179 g/mol. The minimum Gasteiger partial charge on any atom is -0.292 e. The Morgan fingerprint density at radius 3 is 2.54 bits per heavy atom. The highest BCUT2D eigenvalue weighted by atomic mass is 15.1. The molecule has 0 radical (unpaired) electrons. The van der Waals surface area contributed by atoms with Crippen molar-refractivity contribution in [2.45, 2.75) is 34.1 Å². The maximum Gasteiger partial charge on any atom is 0.0601 e. The van der Waals surface area contributed by atoms with E-state index < -0.39 is 0 Å². The summed E-state index contributed by atoms with van der Waals surface area (Å²) in [6.45, 7) is 12.2. The quantitative estimate of drug-likeness (QED) is 0.559. The van der Waals surface area contributed by atoms with Gasteiger partial charge in [0.1, 0.15) is 0 Å². The summed E-state index contributed by atoms with van der Waals surface area (Å²) in [4.78, 5) is 2.45. The molecule has 1 aliphatic heterocycles. The van der Waals surface area contributed by atoms with Gasteiger partial charge in [0, 0.05) is 12.0 Å². The highest BCUT2D eigenvalue weighted by Crippen LogP contribution is 2.14. The van der Waals surface area contributed by atoms with Gasteiger partial charge in [0.25, 0.3) is 0 Å². The molecular weight excluding hydrogens is 158 g/mol. The molecule has 1 unspecified atom stereocenters. The molecule has 1 saturated heterocycles. The van der Waals surface area contributed by atoms with E-state index in [2.05, 4.69) is 44.4 Å². The number of likely N-dealkylation sites (tertiary alicyclic amines) is 1. The van der Waals surface area contributed by atoms with Crippen LogP contribution in [0.3, 0.4) is 0 Å². The standard InChI is InChI=1S/C12H21N/c1-11-6-9-13(10-11)8-5-7-12(2,3)4/h11H,6,8-10H2,1-4H3. The van der Waals surface area contributed by atoms with Gasteiger partial charge in [0.2, 0.25) is 0 Å². The molecule has 0 amide bonds. The molecule has 0 aromatic rings. The summed E-state index contributed by atoms with van der Waals surface area (Å²) in [5.74, 6) is 7.41. The van der Waals surface area contributed by atoms with E-state index in [-0.39, 0.29) is 5.41 Å². The second kappa shape index (κ2) is 4.15. The normalized spacial score (nSPS) is 24.2. The molecule has 1 heterocycles. The Labute approximate surface area is 82.5 Å². The van der Waals surface area contributed by atoms with Crippen LogP contribution in [0.5, 0.6) is 0 Å². The molecule has 13 heavy (non-hydrogen) atoms. The van der Waals surface area contributed by atoms with Crippen molar-refractivity contribution in [3.8, 4) is 11.8 Å². The highest BCUT2D eigenvalue weighted by Gasteiger charge is 2.16. The average Bonchev–Trinajstić information content (AvgIpc) is 2.33. The van der Waals surface area contributed by atoms with E-state index in [0.29, 0.717) is 0 Å². The fourth-order valence-electron chi connectivity index (χ4n) is 1.59. The summed E-state index contributed by atoms with van der Waals surface area (Å²) in [7, 11) is 0. The molecule has 1 fully saturated rings. The van der Waals surface area contributed by atoms with Gasteiger partial charge in [-0.15, -0.1) is 0 Å². The summed E-state index contributed by atoms with van der Waals surface area (Å²) >= 11 is 0. The highest BCUT2D eigenvalue weighted by molar-refractivity contribution is 5.08. The molecule has 0 N–H and O–H groups in total. The Balaban J connectivity index is 2.29. The molecule has 1 rings (SSSR count). The van der Waals surface area contributed by atoms with Crippen LogP contribution in [0.4, 0.5) is 0 Å². The van der Waals surface area contributed by atoms with Gasteiger partial charge in [0.05, 0.1) is 6.54 Å². The molecule has 0 spiro atoms. The molecule has 0 saturated carbocycles.